The van der Waals surface area contributed by atoms with Gasteiger partial charge in [0.2, 0.25) is 5.95 Å². The smallest absolute Gasteiger partial charge is 0.255 e. The summed E-state index contributed by atoms with van der Waals surface area (Å²) in [5.41, 5.74) is 3.09. The van der Waals surface area contributed by atoms with E-state index in [2.05, 4.69) is 31.0 Å². The molecule has 3 heterocycles. The Morgan fingerprint density at radius 2 is 2.26 bits per heavy atom. The standard InChI is InChI=1S/C14H14N8O/c1-8-11(7-22-14(21(8)2)18-19-20-22)13(23)16-10-3-4-12-9(5-10)6-15-17-12/h3-6H,7H2,1-2H3,(H,15,17)(H,16,23). The highest BCUT2D eigenvalue weighted by Crippen LogP contribution is 2.24. The normalized spacial score (nSPS) is 14.3. The number of anilines is 2. The summed E-state index contributed by atoms with van der Waals surface area (Å²) in [5, 5.41) is 22.2. The highest BCUT2D eigenvalue weighted by molar-refractivity contribution is 6.05. The molecule has 1 aromatic carbocycles. The maximum atomic E-state index is 12.6. The van der Waals surface area contributed by atoms with E-state index in [1.807, 2.05) is 32.2 Å². The first kappa shape index (κ1) is 13.4. The second kappa shape index (κ2) is 4.90. The molecule has 1 aliphatic heterocycles. The molecule has 23 heavy (non-hydrogen) atoms. The third kappa shape index (κ3) is 2.13. The average Bonchev–Trinajstić information content (AvgIpc) is 3.18. The Morgan fingerprint density at radius 3 is 3.13 bits per heavy atom. The van der Waals surface area contributed by atoms with Crippen LogP contribution in [-0.4, -0.2) is 43.4 Å². The van der Waals surface area contributed by atoms with E-state index in [0.717, 1.165) is 22.3 Å². The van der Waals surface area contributed by atoms with Crippen molar-refractivity contribution < 1.29 is 4.79 Å². The van der Waals surface area contributed by atoms with Crippen LogP contribution in [0.1, 0.15) is 6.92 Å². The van der Waals surface area contributed by atoms with E-state index in [4.69, 9.17) is 0 Å². The average molecular weight is 310 g/mol. The van der Waals surface area contributed by atoms with Crippen LogP contribution in [0, 0.1) is 0 Å². The lowest BCUT2D eigenvalue weighted by Gasteiger charge is -2.26. The van der Waals surface area contributed by atoms with E-state index >= 15 is 0 Å². The topological polar surface area (TPSA) is 105 Å². The summed E-state index contributed by atoms with van der Waals surface area (Å²) < 4.78 is 1.60. The number of fused-ring (bicyclic) bond motifs is 2. The molecule has 0 bridgehead atoms. The summed E-state index contributed by atoms with van der Waals surface area (Å²) >= 11 is 0. The van der Waals surface area contributed by atoms with Crippen molar-refractivity contribution >= 4 is 28.4 Å². The second-order valence-corrected chi connectivity index (χ2v) is 5.39. The summed E-state index contributed by atoms with van der Waals surface area (Å²) in [6.45, 7) is 2.23. The molecule has 0 atom stereocenters. The fourth-order valence-corrected chi connectivity index (χ4v) is 2.62. The van der Waals surface area contributed by atoms with Crippen LogP contribution in [0.15, 0.2) is 35.7 Å². The number of carbonyl (C=O) groups is 1. The number of amides is 1. The van der Waals surface area contributed by atoms with E-state index in [-0.39, 0.29) is 5.91 Å². The Hall–Kier alpha value is -3.23. The molecule has 0 radical (unpaired) electrons. The first-order valence-electron chi connectivity index (χ1n) is 7.07. The van der Waals surface area contributed by atoms with Gasteiger partial charge in [-0.25, -0.2) is 4.68 Å². The zero-order valence-electron chi connectivity index (χ0n) is 12.6. The molecule has 116 valence electrons. The van der Waals surface area contributed by atoms with Crippen molar-refractivity contribution in [3.05, 3.63) is 35.7 Å². The highest BCUT2D eigenvalue weighted by atomic mass is 16.1. The van der Waals surface area contributed by atoms with Crippen molar-refractivity contribution in [3.8, 4) is 0 Å². The van der Waals surface area contributed by atoms with Gasteiger partial charge in [0, 0.05) is 23.8 Å². The van der Waals surface area contributed by atoms with Gasteiger partial charge in [0.1, 0.15) is 0 Å². The maximum absolute atomic E-state index is 12.6. The Morgan fingerprint density at radius 1 is 1.39 bits per heavy atom. The van der Waals surface area contributed by atoms with Gasteiger partial charge in [0.05, 0.1) is 23.8 Å². The van der Waals surface area contributed by atoms with Gasteiger partial charge in [-0.15, -0.1) is 0 Å². The van der Waals surface area contributed by atoms with Gasteiger partial charge < -0.3 is 10.2 Å². The fraction of sp³-hybridized carbons (Fsp3) is 0.214. The zero-order chi connectivity index (χ0) is 16.0. The molecule has 4 rings (SSSR count). The number of nitrogens with one attached hydrogen (secondary N) is 2. The first-order valence-corrected chi connectivity index (χ1v) is 7.07. The number of hydrogen-bond acceptors (Lipinski definition) is 6. The number of aromatic nitrogens is 6. The van der Waals surface area contributed by atoms with Gasteiger partial charge in [0.15, 0.2) is 0 Å². The third-order valence-electron chi connectivity index (χ3n) is 4.03. The van der Waals surface area contributed by atoms with Crippen LogP contribution >= 0.6 is 0 Å². The van der Waals surface area contributed by atoms with Crippen molar-refractivity contribution in [1.29, 1.82) is 0 Å². The predicted molar refractivity (Wildman–Crippen MR) is 83.6 cm³/mol. The van der Waals surface area contributed by atoms with E-state index in [1.54, 1.807) is 15.8 Å². The Bertz CT molecular complexity index is 937. The number of allylic oxidation sites excluding steroid dienone is 1. The van der Waals surface area contributed by atoms with Gasteiger partial charge in [0.25, 0.3) is 5.91 Å². The molecule has 0 saturated carbocycles. The van der Waals surface area contributed by atoms with E-state index in [1.165, 1.54) is 0 Å². The Kier molecular flexibility index (Phi) is 2.86. The van der Waals surface area contributed by atoms with Gasteiger partial charge in [-0.2, -0.15) is 5.10 Å². The monoisotopic (exact) mass is 310 g/mol. The second-order valence-electron chi connectivity index (χ2n) is 5.39. The summed E-state index contributed by atoms with van der Waals surface area (Å²) in [7, 11) is 1.83. The molecule has 0 fully saturated rings. The minimum atomic E-state index is -0.168. The number of H-pyrrole nitrogens is 1. The van der Waals surface area contributed by atoms with Gasteiger partial charge in [-0.1, -0.05) is 5.10 Å². The third-order valence-corrected chi connectivity index (χ3v) is 4.03. The van der Waals surface area contributed by atoms with Crippen LogP contribution in [0.25, 0.3) is 10.9 Å². The summed E-state index contributed by atoms with van der Waals surface area (Å²) in [6, 6.07) is 5.59. The largest absolute Gasteiger partial charge is 0.322 e. The quantitative estimate of drug-likeness (QED) is 0.729. The number of nitrogens with zero attached hydrogens (tertiary/aromatic N) is 6. The lowest BCUT2D eigenvalue weighted by molar-refractivity contribution is -0.113. The summed E-state index contributed by atoms with van der Waals surface area (Å²) in [6.07, 6.45) is 1.72. The van der Waals surface area contributed by atoms with Crippen LogP contribution in [0.3, 0.4) is 0 Å². The highest BCUT2D eigenvalue weighted by Gasteiger charge is 2.26. The van der Waals surface area contributed by atoms with Crippen molar-refractivity contribution in [1.82, 2.24) is 30.4 Å². The van der Waals surface area contributed by atoms with E-state index in [0.29, 0.717) is 18.1 Å². The van der Waals surface area contributed by atoms with Crippen LogP contribution in [0.5, 0.6) is 0 Å². The molecule has 0 spiro atoms. The number of rotatable bonds is 2. The van der Waals surface area contributed by atoms with E-state index < -0.39 is 0 Å². The molecule has 0 unspecified atom stereocenters. The molecule has 2 aromatic heterocycles. The van der Waals surface area contributed by atoms with Crippen molar-refractivity contribution in [2.24, 2.45) is 0 Å². The SMILES string of the molecule is CC1=C(C(=O)Nc2ccc3[nH]ncc3c2)Cn2nnnc2N1C. The predicted octanol–water partition coefficient (Wildman–Crippen LogP) is 0.912. The van der Waals surface area contributed by atoms with Crippen LogP contribution in [0.4, 0.5) is 11.6 Å². The zero-order valence-corrected chi connectivity index (χ0v) is 12.6. The van der Waals surface area contributed by atoms with Gasteiger partial charge >= 0.3 is 0 Å². The minimum Gasteiger partial charge on any atom is -0.322 e. The molecular weight excluding hydrogens is 296 g/mol. The van der Waals surface area contributed by atoms with Crippen LogP contribution in [0.2, 0.25) is 0 Å². The lowest BCUT2D eigenvalue weighted by Crippen LogP contribution is -2.32. The molecule has 3 aromatic rings. The number of carbonyl (C=O) groups excluding carboxylic acids is 1. The summed E-state index contributed by atoms with van der Waals surface area (Å²) in [5.74, 6) is 0.456. The molecular formula is C14H14N8O. The fourth-order valence-electron chi connectivity index (χ4n) is 2.62. The maximum Gasteiger partial charge on any atom is 0.255 e. The molecule has 9 heteroatoms. The molecule has 2 N–H and O–H groups in total. The van der Waals surface area contributed by atoms with Gasteiger partial charge in [-0.05, 0) is 35.5 Å². The number of tetrazole rings is 1. The molecule has 1 amide bonds. The molecule has 1 aliphatic rings. The van der Waals surface area contributed by atoms with Crippen molar-refractivity contribution in [3.63, 3.8) is 0 Å². The lowest BCUT2D eigenvalue weighted by atomic mass is 10.1. The first-order chi connectivity index (χ1) is 11.1. The van der Waals surface area contributed by atoms with E-state index in [9.17, 15) is 4.79 Å². The van der Waals surface area contributed by atoms with Crippen molar-refractivity contribution in [2.45, 2.75) is 13.5 Å². The molecule has 9 nitrogen and oxygen atoms in total. The Labute approximate surface area is 131 Å². The minimum absolute atomic E-state index is 0.168. The number of benzene rings is 1. The van der Waals surface area contributed by atoms with Crippen LogP contribution < -0.4 is 10.2 Å². The molecule has 0 aliphatic carbocycles. The van der Waals surface area contributed by atoms with Gasteiger partial charge in [-0.3, -0.25) is 9.89 Å². The number of aromatic amines is 1. The Balaban J connectivity index is 1.62. The van der Waals surface area contributed by atoms with Crippen molar-refractivity contribution in [2.75, 3.05) is 17.3 Å². The summed E-state index contributed by atoms with van der Waals surface area (Å²) in [4.78, 5) is 14.4. The molecule has 0 saturated heterocycles. The number of hydrogen-bond donors (Lipinski definition) is 2. The van der Waals surface area contributed by atoms with Crippen LogP contribution in [-0.2, 0) is 11.3 Å².